The third-order valence-electron chi connectivity index (χ3n) is 4.72. The first-order chi connectivity index (χ1) is 13.8. The Morgan fingerprint density at radius 1 is 1.41 bits per heavy atom. The first kappa shape index (κ1) is 21.4. The molecule has 2 aromatic rings. The average Bonchev–Trinajstić information content (AvgIpc) is 3.01. The Morgan fingerprint density at radius 3 is 2.76 bits per heavy atom. The zero-order chi connectivity index (χ0) is 21.1. The highest BCUT2D eigenvalue weighted by Gasteiger charge is 2.32. The second-order valence-electron chi connectivity index (χ2n) is 7.29. The van der Waals surface area contributed by atoms with Crippen LogP contribution < -0.4 is 10.6 Å². The van der Waals surface area contributed by atoms with Crippen molar-refractivity contribution >= 4 is 29.1 Å². The molecule has 3 N–H and O–H groups in total. The van der Waals surface area contributed by atoms with Crippen molar-refractivity contribution in [3.63, 3.8) is 0 Å². The first-order valence-electron chi connectivity index (χ1n) is 9.46. The van der Waals surface area contributed by atoms with Crippen molar-refractivity contribution in [2.24, 2.45) is 0 Å². The van der Waals surface area contributed by atoms with Crippen molar-refractivity contribution < 1.29 is 19.0 Å². The van der Waals surface area contributed by atoms with E-state index in [-0.39, 0.29) is 35.4 Å². The van der Waals surface area contributed by atoms with E-state index in [1.165, 1.54) is 12.3 Å². The fraction of sp³-hybridized carbons (Fsp3) is 0.450. The van der Waals surface area contributed by atoms with Gasteiger partial charge in [-0.15, -0.1) is 0 Å². The third kappa shape index (κ3) is 4.83. The molecule has 2 aliphatic heterocycles. The molecule has 3 heterocycles. The van der Waals surface area contributed by atoms with Gasteiger partial charge in [-0.2, -0.15) is 0 Å². The largest absolute Gasteiger partial charge is 0.391 e. The maximum Gasteiger partial charge on any atom is 0.231 e. The first-order valence-corrected chi connectivity index (χ1v) is 9.84. The van der Waals surface area contributed by atoms with E-state index in [0.717, 1.165) is 19.4 Å². The number of anilines is 2. The summed E-state index contributed by atoms with van der Waals surface area (Å²) >= 11 is 6.08. The topological polar surface area (TPSA) is 102 Å². The van der Waals surface area contributed by atoms with Crippen LogP contribution in [0, 0.1) is 5.82 Å². The van der Waals surface area contributed by atoms with Crippen LogP contribution in [0.5, 0.6) is 0 Å². The molecular weight excluding hydrogens is 399 g/mol. The summed E-state index contributed by atoms with van der Waals surface area (Å²) in [5, 5.41) is 9.06. The Hall–Kier alpha value is -2.29. The van der Waals surface area contributed by atoms with Gasteiger partial charge in [-0.05, 0) is 38.8 Å². The fourth-order valence-corrected chi connectivity index (χ4v) is 3.59. The highest BCUT2D eigenvalue weighted by molar-refractivity contribution is 6.33. The zero-order valence-electron chi connectivity index (χ0n) is 16.4. The molecule has 2 aliphatic rings. The quantitative estimate of drug-likeness (QED) is 0.771. The van der Waals surface area contributed by atoms with E-state index in [2.05, 4.69) is 9.97 Å². The second kappa shape index (κ2) is 9.02. The number of hydrogen-bond acceptors (Lipinski definition) is 6. The van der Waals surface area contributed by atoms with Crippen molar-refractivity contribution in [2.45, 2.75) is 45.3 Å². The van der Waals surface area contributed by atoms with E-state index in [4.69, 9.17) is 27.2 Å². The SMILES string of the molecule is CC(C)N1C(=O)Cc2c(F)cc(-c3nc(N)ncc3Cl)cc21.OC1CCCOC1. The molecule has 0 spiro atoms. The number of aliphatic hydroxyl groups excluding tert-OH is 1. The molecule has 156 valence electrons. The molecule has 1 saturated heterocycles. The predicted octanol–water partition coefficient (Wildman–Crippen LogP) is 2.97. The molecule has 0 bridgehead atoms. The number of benzene rings is 1. The molecule has 7 nitrogen and oxygen atoms in total. The number of nitrogen functional groups attached to an aromatic ring is 1. The van der Waals surface area contributed by atoms with Gasteiger partial charge in [-0.3, -0.25) is 4.79 Å². The molecule has 1 unspecified atom stereocenters. The van der Waals surface area contributed by atoms with Gasteiger partial charge in [0.25, 0.3) is 0 Å². The maximum absolute atomic E-state index is 14.4. The fourth-order valence-electron chi connectivity index (χ4n) is 3.39. The number of carbonyl (C=O) groups excluding carboxylic acids is 1. The van der Waals surface area contributed by atoms with Gasteiger partial charge in [-0.25, -0.2) is 14.4 Å². The number of nitrogens with zero attached hydrogens (tertiary/aromatic N) is 3. The highest BCUT2D eigenvalue weighted by atomic mass is 35.5. The number of rotatable bonds is 2. The molecular formula is C20H24ClFN4O3. The normalized spacial score (nSPS) is 18.5. The molecule has 0 radical (unpaired) electrons. The Bertz CT molecular complexity index is 904. The number of amides is 1. The number of aromatic nitrogens is 2. The van der Waals surface area contributed by atoms with Crippen LogP contribution >= 0.6 is 11.6 Å². The second-order valence-corrected chi connectivity index (χ2v) is 7.69. The summed E-state index contributed by atoms with van der Waals surface area (Å²) < 4.78 is 19.3. The zero-order valence-corrected chi connectivity index (χ0v) is 17.1. The maximum atomic E-state index is 14.4. The summed E-state index contributed by atoms with van der Waals surface area (Å²) in [6.45, 7) is 5.14. The third-order valence-corrected chi connectivity index (χ3v) is 4.99. The Kier molecular flexibility index (Phi) is 6.66. The number of ether oxygens (including phenoxy) is 1. The van der Waals surface area contributed by atoms with Gasteiger partial charge in [0, 0.05) is 23.8 Å². The number of carbonyl (C=O) groups is 1. The monoisotopic (exact) mass is 422 g/mol. The standard InChI is InChI=1S/C15H14ClFN4O.C5H10O2/c1-7(2)21-12-4-8(3-11(17)9(12)5-13(21)22)14-10(16)6-19-15(18)20-14;6-5-2-1-3-7-4-5/h3-4,6-7H,5H2,1-2H3,(H2,18,19,20);5-6H,1-4H2. The van der Waals surface area contributed by atoms with Crippen LogP contribution in [-0.4, -0.2) is 46.3 Å². The van der Waals surface area contributed by atoms with Crippen molar-refractivity contribution in [2.75, 3.05) is 23.8 Å². The van der Waals surface area contributed by atoms with E-state index in [1.807, 2.05) is 13.8 Å². The summed E-state index contributed by atoms with van der Waals surface area (Å²) in [7, 11) is 0. The van der Waals surface area contributed by atoms with E-state index >= 15 is 0 Å². The molecule has 1 amide bonds. The Balaban J connectivity index is 0.000000290. The van der Waals surface area contributed by atoms with Crippen LogP contribution in [0.25, 0.3) is 11.3 Å². The molecule has 4 rings (SSSR count). The van der Waals surface area contributed by atoms with Crippen molar-refractivity contribution in [3.05, 3.63) is 34.7 Å². The molecule has 9 heteroatoms. The molecule has 1 aromatic carbocycles. The lowest BCUT2D eigenvalue weighted by Crippen LogP contribution is -2.33. The molecule has 29 heavy (non-hydrogen) atoms. The van der Waals surface area contributed by atoms with E-state index in [9.17, 15) is 9.18 Å². The van der Waals surface area contributed by atoms with Gasteiger partial charge in [-0.1, -0.05) is 11.6 Å². The number of hydrogen-bond donors (Lipinski definition) is 2. The highest BCUT2D eigenvalue weighted by Crippen LogP contribution is 2.37. The molecule has 0 saturated carbocycles. The van der Waals surface area contributed by atoms with Crippen molar-refractivity contribution in [1.29, 1.82) is 0 Å². The van der Waals surface area contributed by atoms with E-state index < -0.39 is 5.82 Å². The lowest BCUT2D eigenvalue weighted by molar-refractivity contribution is -0.117. The predicted molar refractivity (Wildman–Crippen MR) is 109 cm³/mol. The van der Waals surface area contributed by atoms with Gasteiger partial charge in [0.15, 0.2) is 0 Å². The van der Waals surface area contributed by atoms with E-state index in [1.54, 1.807) is 11.0 Å². The lowest BCUT2D eigenvalue weighted by Gasteiger charge is -2.22. The summed E-state index contributed by atoms with van der Waals surface area (Å²) in [6, 6.07) is 2.98. The molecule has 1 aromatic heterocycles. The number of fused-ring (bicyclic) bond motifs is 1. The number of halogens is 2. The minimum atomic E-state index is -0.447. The van der Waals surface area contributed by atoms with Crippen LogP contribution in [0.15, 0.2) is 18.3 Å². The minimum Gasteiger partial charge on any atom is -0.391 e. The van der Waals surface area contributed by atoms with Crippen molar-refractivity contribution in [1.82, 2.24) is 9.97 Å². The van der Waals surface area contributed by atoms with Crippen LogP contribution in [0.4, 0.5) is 16.0 Å². The Labute approximate surface area is 173 Å². The van der Waals surface area contributed by atoms with Crippen LogP contribution in [0.3, 0.4) is 0 Å². The molecule has 0 aliphatic carbocycles. The lowest BCUT2D eigenvalue weighted by atomic mass is 10.1. The smallest absolute Gasteiger partial charge is 0.231 e. The van der Waals surface area contributed by atoms with Crippen LogP contribution in [-0.2, 0) is 16.0 Å². The van der Waals surface area contributed by atoms with Gasteiger partial charge in [0.1, 0.15) is 5.82 Å². The minimum absolute atomic E-state index is 0.0529. The summed E-state index contributed by atoms with van der Waals surface area (Å²) in [4.78, 5) is 21.5. The van der Waals surface area contributed by atoms with Crippen LogP contribution in [0.2, 0.25) is 5.02 Å². The van der Waals surface area contributed by atoms with Crippen LogP contribution in [0.1, 0.15) is 32.3 Å². The summed E-state index contributed by atoms with van der Waals surface area (Å²) in [5.41, 5.74) is 7.35. The number of aliphatic hydroxyl groups is 1. The molecule has 1 atom stereocenters. The average molecular weight is 423 g/mol. The van der Waals surface area contributed by atoms with Gasteiger partial charge in [0.05, 0.1) is 41.7 Å². The summed E-state index contributed by atoms with van der Waals surface area (Å²) in [5.74, 6) is -0.510. The van der Waals surface area contributed by atoms with Gasteiger partial charge < -0.3 is 20.5 Å². The Morgan fingerprint density at radius 2 is 2.17 bits per heavy atom. The van der Waals surface area contributed by atoms with Gasteiger partial charge in [0.2, 0.25) is 11.9 Å². The number of nitrogens with two attached hydrogens (primary N) is 1. The molecule has 1 fully saturated rings. The summed E-state index contributed by atoms with van der Waals surface area (Å²) in [6.07, 6.45) is 3.18. The van der Waals surface area contributed by atoms with Gasteiger partial charge >= 0.3 is 0 Å². The van der Waals surface area contributed by atoms with E-state index in [0.29, 0.717) is 29.1 Å². The van der Waals surface area contributed by atoms with Crippen molar-refractivity contribution in [3.8, 4) is 11.3 Å².